The molecule has 1 unspecified atom stereocenters. The monoisotopic (exact) mass is 497 g/mol. The van der Waals surface area contributed by atoms with Gasteiger partial charge in [0.15, 0.2) is 0 Å². The zero-order valence-electron chi connectivity index (χ0n) is 19.3. The van der Waals surface area contributed by atoms with Crippen LogP contribution in [0.3, 0.4) is 0 Å². The Labute approximate surface area is 195 Å². The standard InChI is InChI=1S/C21H28N3O9P/c1-13-11-24(21(27)22-19(13)25)18-10-9-17(32-18)12-31-34(28,23-14(2)20(26)30-4)33-16-7-5-15(29-3)6-8-16/h5-8,11,14,17-18H,9-10,12H2,1-4H3,(H,23,28)(H,22,25,27)/t14-,17-,18+,34?/m0/s1. The third kappa shape index (κ3) is 6.35. The molecule has 0 spiro atoms. The van der Waals surface area contributed by atoms with Crippen LogP contribution in [0.2, 0.25) is 0 Å². The van der Waals surface area contributed by atoms with E-state index in [0.717, 1.165) is 0 Å². The summed E-state index contributed by atoms with van der Waals surface area (Å²) in [4.78, 5) is 37.8. The molecule has 2 N–H and O–H groups in total. The van der Waals surface area contributed by atoms with Gasteiger partial charge >= 0.3 is 19.4 Å². The fourth-order valence-electron chi connectivity index (χ4n) is 3.33. The van der Waals surface area contributed by atoms with E-state index in [4.69, 9.17) is 18.5 Å². The predicted octanol–water partition coefficient (Wildman–Crippen LogP) is 1.89. The number of carbonyl (C=O) groups is 1. The number of nitrogens with zero attached hydrogens (tertiary/aromatic N) is 1. The van der Waals surface area contributed by atoms with E-state index in [1.807, 2.05) is 0 Å². The summed E-state index contributed by atoms with van der Waals surface area (Å²) in [5.74, 6) is 0.165. The SMILES string of the molecule is COC(=O)[C@H](C)NP(=O)(OC[C@@H]1CC[C@H](n2cc(C)c(=O)[nH]c2=O)O1)Oc1ccc(OC)cc1. The van der Waals surface area contributed by atoms with Crippen molar-refractivity contribution in [1.82, 2.24) is 14.6 Å². The first-order chi connectivity index (χ1) is 16.1. The summed E-state index contributed by atoms with van der Waals surface area (Å²) < 4.78 is 41.6. The minimum Gasteiger partial charge on any atom is -0.497 e. The highest BCUT2D eigenvalue weighted by atomic mass is 31.2. The maximum Gasteiger partial charge on any atom is 0.459 e. The molecule has 1 aliphatic heterocycles. The number of carbonyl (C=O) groups excluding carboxylic acids is 1. The molecule has 0 bridgehead atoms. The minimum atomic E-state index is -4.04. The van der Waals surface area contributed by atoms with Gasteiger partial charge in [-0.2, -0.15) is 5.09 Å². The minimum absolute atomic E-state index is 0.137. The molecule has 3 rings (SSSR count). The Bertz CT molecular complexity index is 1160. The molecular weight excluding hydrogens is 469 g/mol. The number of benzene rings is 1. The zero-order chi connectivity index (χ0) is 24.9. The smallest absolute Gasteiger partial charge is 0.459 e. The van der Waals surface area contributed by atoms with Crippen LogP contribution in [-0.2, 0) is 23.4 Å². The summed E-state index contributed by atoms with van der Waals surface area (Å²) in [6.45, 7) is 2.92. The first kappa shape index (κ1) is 25.7. The number of ether oxygens (including phenoxy) is 3. The Balaban J connectivity index is 1.70. The van der Waals surface area contributed by atoms with Crippen molar-refractivity contribution in [1.29, 1.82) is 0 Å². The van der Waals surface area contributed by atoms with Crippen LogP contribution in [0.15, 0.2) is 40.1 Å². The third-order valence-corrected chi connectivity index (χ3v) is 6.81. The van der Waals surface area contributed by atoms with Crippen molar-refractivity contribution in [3.8, 4) is 11.5 Å². The number of aromatic nitrogens is 2. The van der Waals surface area contributed by atoms with Crippen LogP contribution in [0.5, 0.6) is 11.5 Å². The normalized spacial score (nSPS) is 20.4. The van der Waals surface area contributed by atoms with Crippen LogP contribution < -0.4 is 25.6 Å². The molecule has 0 aliphatic carbocycles. The van der Waals surface area contributed by atoms with Crippen LogP contribution in [0.4, 0.5) is 0 Å². The highest BCUT2D eigenvalue weighted by Crippen LogP contribution is 2.46. The molecule has 0 radical (unpaired) electrons. The van der Waals surface area contributed by atoms with Crippen molar-refractivity contribution < 1.29 is 32.6 Å². The number of H-pyrrole nitrogens is 1. The maximum atomic E-state index is 13.5. The fourth-order valence-corrected chi connectivity index (χ4v) is 4.85. The Morgan fingerprint density at radius 2 is 1.91 bits per heavy atom. The first-order valence-electron chi connectivity index (χ1n) is 10.6. The second kappa shape index (κ2) is 11.0. The summed E-state index contributed by atoms with van der Waals surface area (Å²) in [6, 6.07) is 5.36. The van der Waals surface area contributed by atoms with Crippen molar-refractivity contribution in [3.05, 3.63) is 56.9 Å². The first-order valence-corrected chi connectivity index (χ1v) is 12.1. The van der Waals surface area contributed by atoms with E-state index in [2.05, 4.69) is 14.8 Å². The van der Waals surface area contributed by atoms with Gasteiger partial charge < -0.3 is 18.7 Å². The van der Waals surface area contributed by atoms with Gasteiger partial charge in [-0.05, 0) is 51.0 Å². The Kier molecular flexibility index (Phi) is 8.32. The van der Waals surface area contributed by atoms with E-state index >= 15 is 0 Å². The van der Waals surface area contributed by atoms with E-state index in [1.165, 1.54) is 31.9 Å². The van der Waals surface area contributed by atoms with Crippen molar-refractivity contribution in [2.24, 2.45) is 0 Å². The Hall–Kier alpha value is -2.92. The van der Waals surface area contributed by atoms with Crippen molar-refractivity contribution in [2.75, 3.05) is 20.8 Å². The van der Waals surface area contributed by atoms with Gasteiger partial charge in [0.2, 0.25) is 0 Å². The third-order valence-electron chi connectivity index (χ3n) is 5.16. The van der Waals surface area contributed by atoms with Gasteiger partial charge in [-0.25, -0.2) is 9.36 Å². The van der Waals surface area contributed by atoms with E-state index in [-0.39, 0.29) is 12.4 Å². The number of hydrogen-bond donors (Lipinski definition) is 2. The van der Waals surface area contributed by atoms with Crippen molar-refractivity contribution in [2.45, 2.75) is 45.1 Å². The van der Waals surface area contributed by atoms with Gasteiger partial charge in [-0.15, -0.1) is 0 Å². The quantitative estimate of drug-likeness (QED) is 0.368. The van der Waals surface area contributed by atoms with Crippen LogP contribution >= 0.6 is 7.75 Å². The summed E-state index contributed by atoms with van der Waals surface area (Å²) in [7, 11) is -1.32. The molecule has 0 amide bonds. The molecule has 1 fully saturated rings. The van der Waals surface area contributed by atoms with E-state index in [0.29, 0.717) is 24.2 Å². The fraction of sp³-hybridized carbons (Fsp3) is 0.476. The van der Waals surface area contributed by atoms with Gasteiger partial charge in [0.25, 0.3) is 5.56 Å². The largest absolute Gasteiger partial charge is 0.497 e. The molecule has 34 heavy (non-hydrogen) atoms. The average Bonchev–Trinajstić information content (AvgIpc) is 3.29. The zero-order valence-corrected chi connectivity index (χ0v) is 20.2. The molecular formula is C21H28N3O9P. The molecule has 12 nitrogen and oxygen atoms in total. The maximum absolute atomic E-state index is 13.5. The molecule has 1 saturated heterocycles. The lowest BCUT2D eigenvalue weighted by Crippen LogP contribution is -2.35. The van der Waals surface area contributed by atoms with Gasteiger partial charge in [0.05, 0.1) is 26.9 Å². The lowest BCUT2D eigenvalue weighted by molar-refractivity contribution is -0.142. The van der Waals surface area contributed by atoms with Gasteiger partial charge in [0.1, 0.15) is 23.8 Å². The molecule has 13 heteroatoms. The average molecular weight is 497 g/mol. The number of methoxy groups -OCH3 is 2. The predicted molar refractivity (Wildman–Crippen MR) is 121 cm³/mol. The lowest BCUT2D eigenvalue weighted by Gasteiger charge is -2.24. The van der Waals surface area contributed by atoms with E-state index in [9.17, 15) is 18.9 Å². The highest BCUT2D eigenvalue weighted by molar-refractivity contribution is 7.52. The van der Waals surface area contributed by atoms with Gasteiger partial charge in [-0.3, -0.25) is 23.7 Å². The molecule has 186 valence electrons. The number of rotatable bonds is 10. The van der Waals surface area contributed by atoms with Gasteiger partial charge in [-0.1, -0.05) is 0 Å². The van der Waals surface area contributed by atoms with Crippen molar-refractivity contribution in [3.63, 3.8) is 0 Å². The second-order valence-corrected chi connectivity index (χ2v) is 9.40. The molecule has 1 aromatic carbocycles. The van der Waals surface area contributed by atoms with Crippen LogP contribution in [0.25, 0.3) is 0 Å². The topological polar surface area (TPSA) is 147 Å². The number of aryl methyl sites for hydroxylation is 1. The van der Waals surface area contributed by atoms with Crippen LogP contribution in [-0.4, -0.2) is 48.5 Å². The van der Waals surface area contributed by atoms with Crippen LogP contribution in [0.1, 0.15) is 31.6 Å². The molecule has 4 atom stereocenters. The number of hydrogen-bond acceptors (Lipinski definition) is 9. The molecule has 2 heterocycles. The Morgan fingerprint density at radius 1 is 1.24 bits per heavy atom. The summed E-state index contributed by atoms with van der Waals surface area (Å²) in [6.07, 6.45) is 1.30. The molecule has 0 saturated carbocycles. The molecule has 1 aliphatic rings. The summed E-state index contributed by atoms with van der Waals surface area (Å²) >= 11 is 0. The number of esters is 1. The van der Waals surface area contributed by atoms with Crippen LogP contribution in [0, 0.1) is 6.92 Å². The summed E-state index contributed by atoms with van der Waals surface area (Å²) in [5, 5.41) is 2.57. The lowest BCUT2D eigenvalue weighted by atomic mass is 10.2. The highest BCUT2D eigenvalue weighted by Gasteiger charge is 2.35. The van der Waals surface area contributed by atoms with E-state index < -0.39 is 43.3 Å². The van der Waals surface area contributed by atoms with E-state index in [1.54, 1.807) is 31.2 Å². The summed E-state index contributed by atoms with van der Waals surface area (Å²) in [5.41, 5.74) is -0.660. The second-order valence-electron chi connectivity index (χ2n) is 7.70. The Morgan fingerprint density at radius 3 is 2.56 bits per heavy atom. The number of aromatic amines is 1. The number of nitrogens with one attached hydrogen (secondary N) is 2. The molecule has 1 aromatic heterocycles. The van der Waals surface area contributed by atoms with Gasteiger partial charge in [0, 0.05) is 11.8 Å². The van der Waals surface area contributed by atoms with Crippen molar-refractivity contribution >= 4 is 13.7 Å². The molecule has 2 aromatic rings.